The third-order valence-electron chi connectivity index (χ3n) is 7.78. The van der Waals surface area contributed by atoms with Gasteiger partial charge >= 0.3 is 12.1 Å². The summed E-state index contributed by atoms with van der Waals surface area (Å²) in [6.07, 6.45) is -1.45. The van der Waals surface area contributed by atoms with Gasteiger partial charge in [-0.1, -0.05) is 80.9 Å². The van der Waals surface area contributed by atoms with Crippen molar-refractivity contribution in [3.8, 4) is 0 Å². The first kappa shape index (κ1) is 40.9. The van der Waals surface area contributed by atoms with E-state index in [9.17, 15) is 29.1 Å². The van der Waals surface area contributed by atoms with Crippen molar-refractivity contribution in [3.05, 3.63) is 71.8 Å². The van der Waals surface area contributed by atoms with Gasteiger partial charge < -0.3 is 30.0 Å². The van der Waals surface area contributed by atoms with Crippen molar-refractivity contribution in [2.45, 2.75) is 110 Å². The fourth-order valence-electron chi connectivity index (χ4n) is 4.94. The highest BCUT2D eigenvalue weighted by atomic mass is 16.6. The second-order valence-corrected chi connectivity index (χ2v) is 13.1. The van der Waals surface area contributed by atoms with Gasteiger partial charge in [-0.15, -0.1) is 0 Å². The third kappa shape index (κ3) is 14.4. The standard InChI is InChI=1S/C37H53N3O9/c1-8-25(2)32(39-36(46)49-37(4,5)6)34(44)40(31(42)23-29(41)20-15-21-47-7)30(22-27-16-11-9-12-17-27)33(43)38-26(3)35(45)48-24-28-18-13-10-14-19-28/h9-14,16-19,25-26,29-30,32,41H,8,15,20-24H2,1-7H3,(H,38,43)(H,39,46)/t25-,26-,29-,30-,32+/m0/s1. The zero-order valence-electron chi connectivity index (χ0n) is 29.8. The Kier molecular flexibility index (Phi) is 16.9. The van der Waals surface area contributed by atoms with Gasteiger partial charge in [-0.25, -0.2) is 9.59 Å². The predicted octanol–water partition coefficient (Wildman–Crippen LogP) is 4.32. The summed E-state index contributed by atoms with van der Waals surface area (Å²) in [5, 5.41) is 16.0. The van der Waals surface area contributed by atoms with Crippen molar-refractivity contribution in [1.82, 2.24) is 15.5 Å². The number of imide groups is 1. The molecule has 0 fully saturated rings. The quantitative estimate of drug-likeness (QED) is 0.154. The number of aliphatic hydroxyl groups excluding tert-OH is 1. The number of aliphatic hydroxyl groups is 1. The number of methoxy groups -OCH3 is 1. The molecule has 0 aromatic heterocycles. The number of ether oxygens (including phenoxy) is 3. The van der Waals surface area contributed by atoms with E-state index in [1.807, 2.05) is 25.1 Å². The summed E-state index contributed by atoms with van der Waals surface area (Å²) >= 11 is 0. The maximum atomic E-state index is 14.5. The first-order valence-corrected chi connectivity index (χ1v) is 16.7. The number of alkyl carbamates (subject to hydrolysis) is 1. The molecule has 0 unspecified atom stereocenters. The molecule has 3 N–H and O–H groups in total. The number of benzene rings is 2. The van der Waals surface area contributed by atoms with Crippen LogP contribution in [0.1, 0.15) is 78.4 Å². The lowest BCUT2D eigenvalue weighted by molar-refractivity contribution is -0.156. The van der Waals surface area contributed by atoms with E-state index in [-0.39, 0.29) is 19.4 Å². The molecule has 2 rings (SSSR count). The van der Waals surface area contributed by atoms with Gasteiger partial charge in [0.2, 0.25) is 11.8 Å². The van der Waals surface area contributed by atoms with E-state index in [0.717, 1.165) is 10.5 Å². The van der Waals surface area contributed by atoms with E-state index in [2.05, 4.69) is 10.6 Å². The molecule has 0 aliphatic rings. The molecule has 270 valence electrons. The first-order chi connectivity index (χ1) is 23.2. The van der Waals surface area contributed by atoms with Crippen LogP contribution in [-0.4, -0.2) is 83.3 Å². The van der Waals surface area contributed by atoms with Crippen LogP contribution >= 0.6 is 0 Å². The fraction of sp³-hybridized carbons (Fsp3) is 0.541. The van der Waals surface area contributed by atoms with Gasteiger partial charge in [0, 0.05) is 20.1 Å². The van der Waals surface area contributed by atoms with Gasteiger partial charge in [0.15, 0.2) is 0 Å². The number of nitrogens with one attached hydrogen (secondary N) is 2. The average molecular weight is 684 g/mol. The van der Waals surface area contributed by atoms with Crippen molar-refractivity contribution >= 4 is 29.8 Å². The summed E-state index contributed by atoms with van der Waals surface area (Å²) in [5.41, 5.74) is 0.528. The summed E-state index contributed by atoms with van der Waals surface area (Å²) in [6.45, 7) is 10.4. The van der Waals surface area contributed by atoms with E-state index in [1.54, 1.807) is 70.2 Å². The van der Waals surface area contributed by atoms with Crippen molar-refractivity contribution in [2.24, 2.45) is 5.92 Å². The van der Waals surface area contributed by atoms with Crippen LogP contribution < -0.4 is 10.6 Å². The van der Waals surface area contributed by atoms with Crippen LogP contribution in [0.5, 0.6) is 0 Å². The van der Waals surface area contributed by atoms with Crippen LogP contribution in [0.25, 0.3) is 0 Å². The molecule has 4 amide bonds. The molecule has 0 aliphatic carbocycles. The second-order valence-electron chi connectivity index (χ2n) is 13.1. The van der Waals surface area contributed by atoms with E-state index in [0.29, 0.717) is 25.0 Å². The van der Waals surface area contributed by atoms with Crippen molar-refractivity contribution in [3.63, 3.8) is 0 Å². The predicted molar refractivity (Wildman–Crippen MR) is 184 cm³/mol. The third-order valence-corrected chi connectivity index (χ3v) is 7.78. The maximum absolute atomic E-state index is 14.5. The van der Waals surface area contributed by atoms with Gasteiger partial charge in [-0.3, -0.25) is 19.3 Å². The summed E-state index contributed by atoms with van der Waals surface area (Å²) in [7, 11) is 1.52. The number of amides is 4. The number of nitrogens with zero attached hydrogens (tertiary/aromatic N) is 1. The Labute approximate surface area is 289 Å². The molecule has 0 saturated carbocycles. The first-order valence-electron chi connectivity index (χ1n) is 16.7. The van der Waals surface area contributed by atoms with E-state index >= 15 is 0 Å². The summed E-state index contributed by atoms with van der Waals surface area (Å²) in [4.78, 5) is 69.3. The monoisotopic (exact) mass is 683 g/mol. The number of carbonyl (C=O) groups is 5. The lowest BCUT2D eigenvalue weighted by atomic mass is 9.95. The summed E-state index contributed by atoms with van der Waals surface area (Å²) in [5.74, 6) is -3.63. The van der Waals surface area contributed by atoms with Crippen LogP contribution in [0.2, 0.25) is 0 Å². The minimum atomic E-state index is -1.45. The lowest BCUT2D eigenvalue weighted by Crippen LogP contribution is -2.61. The summed E-state index contributed by atoms with van der Waals surface area (Å²) < 4.78 is 15.9. The van der Waals surface area contributed by atoms with Crippen LogP contribution in [-0.2, 0) is 46.4 Å². The van der Waals surface area contributed by atoms with Crippen LogP contribution in [0.3, 0.4) is 0 Å². The molecule has 12 nitrogen and oxygen atoms in total. The second kappa shape index (κ2) is 20.3. The molecule has 0 heterocycles. The molecule has 2 aromatic rings. The highest BCUT2D eigenvalue weighted by Gasteiger charge is 2.41. The Morgan fingerprint density at radius 2 is 1.49 bits per heavy atom. The van der Waals surface area contributed by atoms with Gasteiger partial charge in [0.25, 0.3) is 5.91 Å². The zero-order chi connectivity index (χ0) is 36.6. The average Bonchev–Trinajstić information content (AvgIpc) is 3.05. The highest BCUT2D eigenvalue weighted by Crippen LogP contribution is 2.20. The van der Waals surface area contributed by atoms with E-state index in [4.69, 9.17) is 14.2 Å². The Hall–Kier alpha value is -4.29. The number of esters is 1. The molecule has 0 bridgehead atoms. The minimum Gasteiger partial charge on any atom is -0.459 e. The molecule has 0 spiro atoms. The van der Waals surface area contributed by atoms with Crippen molar-refractivity contribution in [2.75, 3.05) is 13.7 Å². The summed E-state index contributed by atoms with van der Waals surface area (Å²) in [6, 6.07) is 14.0. The molecule has 0 saturated heterocycles. The van der Waals surface area contributed by atoms with Gasteiger partial charge in [-0.05, 0) is 57.6 Å². The van der Waals surface area contributed by atoms with Crippen molar-refractivity contribution < 1.29 is 43.3 Å². The SMILES string of the molecule is CC[C@H](C)[C@@H](NC(=O)OC(C)(C)C)C(=O)N(C(=O)C[C@@H](O)CCCOC)[C@@H](Cc1ccccc1)C(=O)N[C@@H](C)C(=O)OCc1ccccc1. The van der Waals surface area contributed by atoms with Crippen LogP contribution in [0.4, 0.5) is 4.79 Å². The molecular formula is C37H53N3O9. The van der Waals surface area contributed by atoms with Crippen molar-refractivity contribution in [1.29, 1.82) is 0 Å². The molecule has 0 radical (unpaired) electrons. The van der Waals surface area contributed by atoms with Crippen LogP contribution in [0.15, 0.2) is 60.7 Å². The maximum Gasteiger partial charge on any atom is 0.408 e. The Balaban J connectivity index is 2.51. The molecule has 5 atom stereocenters. The normalized spacial score (nSPS) is 14.4. The minimum absolute atomic E-state index is 0.00962. The Morgan fingerprint density at radius 3 is 2.04 bits per heavy atom. The fourth-order valence-corrected chi connectivity index (χ4v) is 4.94. The molecule has 2 aromatic carbocycles. The molecule has 0 aliphatic heterocycles. The number of hydrogen-bond donors (Lipinski definition) is 3. The highest BCUT2D eigenvalue weighted by molar-refractivity contribution is 6.04. The van der Waals surface area contributed by atoms with Gasteiger partial charge in [0.05, 0.1) is 12.5 Å². The largest absolute Gasteiger partial charge is 0.459 e. The van der Waals surface area contributed by atoms with Gasteiger partial charge in [0.1, 0.15) is 30.3 Å². The molecular weight excluding hydrogens is 630 g/mol. The van der Waals surface area contributed by atoms with E-state index in [1.165, 1.54) is 14.0 Å². The van der Waals surface area contributed by atoms with Gasteiger partial charge in [-0.2, -0.15) is 0 Å². The smallest absolute Gasteiger partial charge is 0.408 e. The van der Waals surface area contributed by atoms with E-state index < -0.39 is 72.0 Å². The molecule has 12 heteroatoms. The Bertz CT molecular complexity index is 1350. The lowest BCUT2D eigenvalue weighted by Gasteiger charge is -2.35. The number of carbonyl (C=O) groups excluding carboxylic acids is 5. The number of hydrogen-bond acceptors (Lipinski definition) is 9. The Morgan fingerprint density at radius 1 is 0.898 bits per heavy atom. The topological polar surface area (TPSA) is 161 Å². The number of rotatable bonds is 18. The molecule has 49 heavy (non-hydrogen) atoms. The zero-order valence-corrected chi connectivity index (χ0v) is 29.8. The van der Waals surface area contributed by atoms with Crippen LogP contribution in [0, 0.1) is 5.92 Å².